The van der Waals surface area contributed by atoms with Crippen molar-refractivity contribution in [3.05, 3.63) is 28.8 Å². The fourth-order valence-corrected chi connectivity index (χ4v) is 2.25. The SMILES string of the molecule is CN1CCN(C(=O)COC(=O)c2cc(N)ccc2Cl)CC1. The summed E-state index contributed by atoms with van der Waals surface area (Å²) in [6, 6.07) is 4.55. The molecule has 114 valence electrons. The highest BCUT2D eigenvalue weighted by molar-refractivity contribution is 6.33. The van der Waals surface area contributed by atoms with Crippen LogP contribution in [0.3, 0.4) is 0 Å². The lowest BCUT2D eigenvalue weighted by molar-refractivity contribution is -0.136. The lowest BCUT2D eigenvalue weighted by Gasteiger charge is -2.32. The molecule has 0 bridgehead atoms. The van der Waals surface area contributed by atoms with Crippen LogP contribution in [0.1, 0.15) is 10.4 Å². The lowest BCUT2D eigenvalue weighted by Crippen LogP contribution is -2.48. The number of benzene rings is 1. The molecular formula is C14H18ClN3O3. The number of nitrogen functional groups attached to an aromatic ring is 1. The summed E-state index contributed by atoms with van der Waals surface area (Å²) in [6.07, 6.45) is 0. The molecule has 2 N–H and O–H groups in total. The fourth-order valence-electron chi connectivity index (χ4n) is 2.05. The maximum atomic E-state index is 12.0. The van der Waals surface area contributed by atoms with Crippen molar-refractivity contribution in [3.8, 4) is 0 Å². The number of amides is 1. The summed E-state index contributed by atoms with van der Waals surface area (Å²) in [7, 11) is 2.00. The van der Waals surface area contributed by atoms with Gasteiger partial charge in [0.15, 0.2) is 6.61 Å². The molecule has 1 heterocycles. The Hall–Kier alpha value is -1.79. The van der Waals surface area contributed by atoms with Crippen molar-refractivity contribution < 1.29 is 14.3 Å². The molecule has 21 heavy (non-hydrogen) atoms. The number of anilines is 1. The van der Waals surface area contributed by atoms with Gasteiger partial charge in [-0.2, -0.15) is 0 Å². The standard InChI is InChI=1S/C14H18ClN3O3/c1-17-4-6-18(7-5-17)13(19)9-21-14(20)11-8-10(16)2-3-12(11)15/h2-3,8H,4-7,9,16H2,1H3. The van der Waals surface area contributed by atoms with Crippen LogP contribution in [0.2, 0.25) is 5.02 Å². The predicted molar refractivity (Wildman–Crippen MR) is 80.2 cm³/mol. The zero-order chi connectivity index (χ0) is 15.4. The maximum Gasteiger partial charge on any atom is 0.340 e. The zero-order valence-corrected chi connectivity index (χ0v) is 12.6. The molecule has 1 aromatic carbocycles. The second-order valence-electron chi connectivity index (χ2n) is 5.00. The van der Waals surface area contributed by atoms with Gasteiger partial charge in [0.05, 0.1) is 10.6 Å². The minimum Gasteiger partial charge on any atom is -0.452 e. The van der Waals surface area contributed by atoms with Gasteiger partial charge < -0.3 is 20.3 Å². The summed E-state index contributed by atoms with van der Waals surface area (Å²) in [6.45, 7) is 2.65. The van der Waals surface area contributed by atoms with Crippen LogP contribution in [0.15, 0.2) is 18.2 Å². The molecule has 1 aliphatic rings. The first kappa shape index (κ1) is 15.6. The van der Waals surface area contributed by atoms with Crippen molar-refractivity contribution in [2.45, 2.75) is 0 Å². The second kappa shape index (κ2) is 6.78. The number of ether oxygens (including phenoxy) is 1. The Balaban J connectivity index is 1.89. The Morgan fingerprint density at radius 2 is 1.95 bits per heavy atom. The fraction of sp³-hybridized carbons (Fsp3) is 0.429. The van der Waals surface area contributed by atoms with E-state index in [9.17, 15) is 9.59 Å². The highest BCUT2D eigenvalue weighted by Crippen LogP contribution is 2.19. The van der Waals surface area contributed by atoms with E-state index in [1.807, 2.05) is 7.05 Å². The van der Waals surface area contributed by atoms with Crippen molar-refractivity contribution in [1.29, 1.82) is 0 Å². The van der Waals surface area contributed by atoms with Gasteiger partial charge in [0.1, 0.15) is 0 Å². The molecule has 1 aromatic rings. The molecule has 1 aliphatic heterocycles. The number of nitrogens with two attached hydrogens (primary N) is 1. The molecule has 0 radical (unpaired) electrons. The molecule has 0 spiro atoms. The second-order valence-corrected chi connectivity index (χ2v) is 5.41. The molecule has 2 rings (SSSR count). The van der Waals surface area contributed by atoms with Crippen molar-refractivity contribution in [1.82, 2.24) is 9.80 Å². The topological polar surface area (TPSA) is 75.9 Å². The zero-order valence-electron chi connectivity index (χ0n) is 11.8. The number of rotatable bonds is 3. The highest BCUT2D eigenvalue weighted by Gasteiger charge is 2.21. The molecule has 0 atom stereocenters. The average molecular weight is 312 g/mol. The third-order valence-corrected chi connectivity index (χ3v) is 3.72. The molecule has 1 fully saturated rings. The van der Waals surface area contributed by atoms with Crippen LogP contribution in [0.5, 0.6) is 0 Å². The summed E-state index contributed by atoms with van der Waals surface area (Å²) >= 11 is 5.91. The Labute approximate surface area is 128 Å². The van der Waals surface area contributed by atoms with Crippen LogP contribution in [-0.2, 0) is 9.53 Å². The van der Waals surface area contributed by atoms with Crippen molar-refractivity contribution in [2.24, 2.45) is 0 Å². The van der Waals surface area contributed by atoms with E-state index in [-0.39, 0.29) is 23.1 Å². The van der Waals surface area contributed by atoms with E-state index in [0.29, 0.717) is 18.8 Å². The molecule has 0 saturated carbocycles. The largest absolute Gasteiger partial charge is 0.452 e. The molecule has 7 heteroatoms. The van der Waals surface area contributed by atoms with E-state index in [0.717, 1.165) is 13.1 Å². The van der Waals surface area contributed by atoms with Gasteiger partial charge in [0.25, 0.3) is 5.91 Å². The summed E-state index contributed by atoms with van der Waals surface area (Å²) in [5, 5.41) is 0.251. The minimum atomic E-state index is -0.644. The van der Waals surface area contributed by atoms with Crippen LogP contribution >= 0.6 is 11.6 Å². The number of hydrogen-bond donors (Lipinski definition) is 1. The summed E-state index contributed by atoms with van der Waals surface area (Å²) < 4.78 is 5.02. The number of likely N-dealkylation sites (N-methyl/N-ethyl adjacent to an activating group) is 1. The number of carbonyl (C=O) groups excluding carboxylic acids is 2. The van der Waals surface area contributed by atoms with E-state index in [2.05, 4.69) is 4.90 Å². The normalized spacial score (nSPS) is 15.8. The number of piperazine rings is 1. The Kier molecular flexibility index (Phi) is 5.03. The maximum absolute atomic E-state index is 12.0. The quantitative estimate of drug-likeness (QED) is 0.661. The third-order valence-electron chi connectivity index (χ3n) is 3.39. The van der Waals surface area contributed by atoms with E-state index in [4.69, 9.17) is 22.1 Å². The van der Waals surface area contributed by atoms with E-state index >= 15 is 0 Å². The molecule has 1 amide bonds. The number of nitrogens with zero attached hydrogens (tertiary/aromatic N) is 2. The average Bonchev–Trinajstić information content (AvgIpc) is 2.47. The minimum absolute atomic E-state index is 0.169. The predicted octanol–water partition coefficient (Wildman–Crippen LogP) is 0.853. The van der Waals surface area contributed by atoms with Crippen molar-refractivity contribution in [3.63, 3.8) is 0 Å². The first-order valence-corrected chi connectivity index (χ1v) is 7.03. The Morgan fingerprint density at radius 3 is 2.62 bits per heavy atom. The number of carbonyl (C=O) groups is 2. The molecule has 1 saturated heterocycles. The van der Waals surface area contributed by atoms with Gasteiger partial charge in [-0.15, -0.1) is 0 Å². The molecule has 6 nitrogen and oxygen atoms in total. The van der Waals surface area contributed by atoms with E-state index in [1.165, 1.54) is 12.1 Å². The monoisotopic (exact) mass is 311 g/mol. The molecular weight excluding hydrogens is 294 g/mol. The van der Waals surface area contributed by atoms with Gasteiger partial charge >= 0.3 is 5.97 Å². The first-order chi connectivity index (χ1) is 9.97. The lowest BCUT2D eigenvalue weighted by atomic mass is 10.2. The summed E-state index contributed by atoms with van der Waals surface area (Å²) in [5.41, 5.74) is 6.19. The Bertz CT molecular complexity index is 542. The van der Waals surface area contributed by atoms with Crippen molar-refractivity contribution >= 4 is 29.2 Å². The molecule has 0 aromatic heterocycles. The molecule has 0 aliphatic carbocycles. The smallest absolute Gasteiger partial charge is 0.340 e. The van der Waals surface area contributed by atoms with Gasteiger partial charge in [-0.3, -0.25) is 4.79 Å². The number of hydrogen-bond acceptors (Lipinski definition) is 5. The third kappa shape index (κ3) is 4.09. The van der Waals surface area contributed by atoms with Crippen LogP contribution in [0.4, 0.5) is 5.69 Å². The van der Waals surface area contributed by atoms with Gasteiger partial charge in [0.2, 0.25) is 0 Å². The van der Waals surface area contributed by atoms with Crippen molar-refractivity contribution in [2.75, 3.05) is 45.6 Å². The van der Waals surface area contributed by atoms with Gasteiger partial charge in [0, 0.05) is 31.9 Å². The first-order valence-electron chi connectivity index (χ1n) is 6.66. The number of halogens is 1. The summed E-state index contributed by atoms with van der Waals surface area (Å²) in [5.74, 6) is -0.841. The van der Waals surface area contributed by atoms with Crippen LogP contribution in [-0.4, -0.2) is 61.5 Å². The summed E-state index contributed by atoms with van der Waals surface area (Å²) in [4.78, 5) is 27.7. The Morgan fingerprint density at radius 1 is 1.29 bits per heavy atom. The van der Waals surface area contributed by atoms with Crippen LogP contribution in [0, 0.1) is 0 Å². The van der Waals surface area contributed by atoms with E-state index in [1.54, 1.807) is 11.0 Å². The van der Waals surface area contributed by atoms with Gasteiger partial charge in [-0.05, 0) is 25.2 Å². The number of esters is 1. The van der Waals surface area contributed by atoms with Crippen LogP contribution < -0.4 is 5.73 Å². The van der Waals surface area contributed by atoms with Crippen LogP contribution in [0.25, 0.3) is 0 Å². The highest BCUT2D eigenvalue weighted by atomic mass is 35.5. The van der Waals surface area contributed by atoms with Gasteiger partial charge in [-0.1, -0.05) is 11.6 Å². The molecule has 0 unspecified atom stereocenters. The van der Waals surface area contributed by atoms with Gasteiger partial charge in [-0.25, -0.2) is 4.79 Å². The van der Waals surface area contributed by atoms with E-state index < -0.39 is 5.97 Å².